The summed E-state index contributed by atoms with van der Waals surface area (Å²) in [6, 6.07) is 11.1. The van der Waals surface area contributed by atoms with E-state index in [2.05, 4.69) is 12.3 Å². The van der Waals surface area contributed by atoms with Gasteiger partial charge in [0.1, 0.15) is 11.3 Å². The number of hydrogen-bond donors (Lipinski definition) is 1. The normalized spacial score (nSPS) is 16.6. The van der Waals surface area contributed by atoms with Gasteiger partial charge in [-0.05, 0) is 48.4 Å². The number of carbonyl (C=O) groups is 2. The first-order valence-electron chi connectivity index (χ1n) is 7.35. The molecule has 1 aliphatic rings. The summed E-state index contributed by atoms with van der Waals surface area (Å²) in [4.78, 5) is 24.4. The van der Waals surface area contributed by atoms with Gasteiger partial charge in [-0.25, -0.2) is 5.01 Å². The molecule has 1 aromatic carbocycles. The van der Waals surface area contributed by atoms with Crippen molar-refractivity contribution in [3.8, 4) is 0 Å². The molecular weight excluding hydrogens is 292 g/mol. The molecule has 0 atom stereocenters. The molecule has 23 heavy (non-hydrogen) atoms. The smallest absolute Gasteiger partial charge is 0.282 e. The fraction of sp³-hybridized carbons (Fsp3) is 0.111. The van der Waals surface area contributed by atoms with Crippen molar-refractivity contribution in [2.45, 2.75) is 13.3 Å². The number of benzene rings is 1. The van der Waals surface area contributed by atoms with E-state index in [0.717, 1.165) is 6.42 Å². The molecule has 3 rings (SSSR count). The first-order chi connectivity index (χ1) is 11.2. The molecular formula is C18H16N2O3. The minimum atomic E-state index is -0.418. The third-order valence-electron chi connectivity index (χ3n) is 3.56. The number of amides is 2. The number of rotatable bonds is 4. The van der Waals surface area contributed by atoms with Gasteiger partial charge in [0.2, 0.25) is 0 Å². The summed E-state index contributed by atoms with van der Waals surface area (Å²) in [6.45, 7) is 2.06. The Balaban J connectivity index is 1.79. The Bertz CT molecular complexity index is 771. The van der Waals surface area contributed by atoms with Crippen LogP contribution in [-0.2, 0) is 16.0 Å². The third kappa shape index (κ3) is 3.08. The fourth-order valence-electron chi connectivity index (χ4n) is 2.26. The number of nitrogens with zero attached hydrogens (tertiary/aromatic N) is 1. The first kappa shape index (κ1) is 14.8. The summed E-state index contributed by atoms with van der Waals surface area (Å²) in [5, 5.41) is 1.26. The lowest BCUT2D eigenvalue weighted by Crippen LogP contribution is -2.35. The van der Waals surface area contributed by atoms with Gasteiger partial charge in [0.25, 0.3) is 11.8 Å². The molecule has 0 aliphatic carbocycles. The van der Waals surface area contributed by atoms with E-state index < -0.39 is 5.91 Å². The maximum absolute atomic E-state index is 12.4. The molecule has 2 heterocycles. The second-order valence-corrected chi connectivity index (χ2v) is 5.06. The quantitative estimate of drug-likeness (QED) is 0.698. The van der Waals surface area contributed by atoms with Crippen molar-refractivity contribution in [1.29, 1.82) is 0 Å². The van der Waals surface area contributed by atoms with Crippen LogP contribution in [0.25, 0.3) is 6.08 Å². The van der Waals surface area contributed by atoms with Crippen molar-refractivity contribution in [2.24, 2.45) is 0 Å². The van der Waals surface area contributed by atoms with E-state index in [-0.39, 0.29) is 11.5 Å². The van der Waals surface area contributed by atoms with Crippen LogP contribution in [0, 0.1) is 0 Å². The average molecular weight is 308 g/mol. The zero-order valence-corrected chi connectivity index (χ0v) is 12.7. The fourth-order valence-corrected chi connectivity index (χ4v) is 2.26. The Morgan fingerprint density at radius 1 is 1.17 bits per heavy atom. The van der Waals surface area contributed by atoms with Crippen LogP contribution in [0.4, 0.5) is 5.69 Å². The number of nitrogens with one attached hydrogen (secondary N) is 1. The molecule has 0 saturated carbocycles. The van der Waals surface area contributed by atoms with E-state index in [9.17, 15) is 9.59 Å². The highest BCUT2D eigenvalue weighted by Crippen LogP contribution is 2.20. The van der Waals surface area contributed by atoms with Crippen LogP contribution < -0.4 is 10.4 Å². The first-order valence-corrected chi connectivity index (χ1v) is 7.35. The minimum Gasteiger partial charge on any atom is -0.465 e. The highest BCUT2D eigenvalue weighted by Gasteiger charge is 2.33. The summed E-state index contributed by atoms with van der Waals surface area (Å²) < 4.78 is 5.15. The summed E-state index contributed by atoms with van der Waals surface area (Å²) in [7, 11) is 0. The molecule has 5 nitrogen and oxygen atoms in total. The molecule has 5 heteroatoms. The maximum Gasteiger partial charge on any atom is 0.282 e. The van der Waals surface area contributed by atoms with Crippen molar-refractivity contribution in [3.63, 3.8) is 0 Å². The molecule has 0 bridgehead atoms. The lowest BCUT2D eigenvalue weighted by molar-refractivity contribution is -0.117. The monoisotopic (exact) mass is 308 g/mol. The summed E-state index contributed by atoms with van der Waals surface area (Å²) in [5.74, 6) is -0.137. The molecule has 2 amide bonds. The number of anilines is 1. The van der Waals surface area contributed by atoms with Crippen LogP contribution in [0.15, 0.2) is 64.8 Å². The predicted octanol–water partition coefficient (Wildman–Crippen LogP) is 2.86. The van der Waals surface area contributed by atoms with Gasteiger partial charge in [-0.15, -0.1) is 0 Å². The zero-order valence-electron chi connectivity index (χ0n) is 12.7. The Morgan fingerprint density at radius 3 is 2.61 bits per heavy atom. The van der Waals surface area contributed by atoms with Crippen molar-refractivity contribution >= 4 is 23.6 Å². The van der Waals surface area contributed by atoms with Crippen LogP contribution in [-0.4, -0.2) is 11.8 Å². The van der Waals surface area contributed by atoms with E-state index in [1.54, 1.807) is 30.5 Å². The molecule has 1 aliphatic heterocycles. The van der Waals surface area contributed by atoms with Gasteiger partial charge in [-0.2, -0.15) is 0 Å². The minimum absolute atomic E-state index is 0.0902. The third-order valence-corrected chi connectivity index (χ3v) is 3.56. The molecule has 0 unspecified atom stereocenters. The summed E-state index contributed by atoms with van der Waals surface area (Å²) in [6.07, 6.45) is 7.27. The molecule has 1 fully saturated rings. The van der Waals surface area contributed by atoms with Gasteiger partial charge in [0, 0.05) is 0 Å². The second kappa shape index (κ2) is 6.36. The van der Waals surface area contributed by atoms with E-state index in [0.29, 0.717) is 11.4 Å². The lowest BCUT2D eigenvalue weighted by atomic mass is 10.1. The van der Waals surface area contributed by atoms with E-state index in [4.69, 9.17) is 4.42 Å². The number of hydrazine groups is 1. The number of carbonyl (C=O) groups excluding carboxylic acids is 2. The Hall–Kier alpha value is -3.08. The molecule has 0 radical (unpaired) electrons. The van der Waals surface area contributed by atoms with Crippen LogP contribution in [0.3, 0.4) is 0 Å². The van der Waals surface area contributed by atoms with Crippen LogP contribution in [0.1, 0.15) is 18.2 Å². The zero-order chi connectivity index (χ0) is 16.2. The highest BCUT2D eigenvalue weighted by molar-refractivity contribution is 6.29. The summed E-state index contributed by atoms with van der Waals surface area (Å²) in [5.41, 5.74) is 4.47. The van der Waals surface area contributed by atoms with E-state index >= 15 is 0 Å². The van der Waals surface area contributed by atoms with Gasteiger partial charge < -0.3 is 4.42 Å². The lowest BCUT2D eigenvalue weighted by Gasteiger charge is -2.14. The number of aryl methyl sites for hydroxylation is 1. The van der Waals surface area contributed by atoms with Crippen molar-refractivity contribution < 1.29 is 14.0 Å². The van der Waals surface area contributed by atoms with Gasteiger partial charge in [-0.1, -0.05) is 25.1 Å². The van der Waals surface area contributed by atoms with E-state index in [1.807, 2.05) is 24.3 Å². The number of allylic oxidation sites excluding steroid dienone is 2. The molecule has 0 spiro atoms. The number of furan rings is 1. The molecule has 116 valence electrons. The Morgan fingerprint density at radius 2 is 1.96 bits per heavy atom. The van der Waals surface area contributed by atoms with Crippen LogP contribution in [0.2, 0.25) is 0 Å². The molecule has 1 N–H and O–H groups in total. The maximum atomic E-state index is 12.4. The predicted molar refractivity (Wildman–Crippen MR) is 87.3 cm³/mol. The highest BCUT2D eigenvalue weighted by atomic mass is 16.3. The van der Waals surface area contributed by atoms with Gasteiger partial charge in [0.05, 0.1) is 12.0 Å². The molecule has 1 aromatic heterocycles. The van der Waals surface area contributed by atoms with Crippen molar-refractivity contribution in [2.75, 3.05) is 5.01 Å². The van der Waals surface area contributed by atoms with Gasteiger partial charge in [-0.3, -0.25) is 15.0 Å². The Kier molecular flexibility index (Phi) is 4.10. The molecule has 1 saturated heterocycles. The van der Waals surface area contributed by atoms with Gasteiger partial charge >= 0.3 is 0 Å². The van der Waals surface area contributed by atoms with E-state index in [1.165, 1.54) is 16.6 Å². The second-order valence-electron chi connectivity index (χ2n) is 5.06. The van der Waals surface area contributed by atoms with Crippen LogP contribution in [0.5, 0.6) is 0 Å². The van der Waals surface area contributed by atoms with Gasteiger partial charge in [0.15, 0.2) is 0 Å². The van der Waals surface area contributed by atoms with Crippen molar-refractivity contribution in [3.05, 3.63) is 71.7 Å². The topological polar surface area (TPSA) is 62.6 Å². The average Bonchev–Trinajstić information content (AvgIpc) is 3.18. The molecule has 2 aromatic rings. The Labute approximate surface area is 133 Å². The number of hydrogen-bond acceptors (Lipinski definition) is 3. The van der Waals surface area contributed by atoms with Crippen LogP contribution >= 0.6 is 0 Å². The largest absolute Gasteiger partial charge is 0.465 e. The SMILES string of the molecule is CCc1ccc(N2NC(=O)/C(=C/C=C/c3ccco3)C2=O)cc1. The standard InChI is InChI=1S/C18H16N2O3/c1-2-13-8-10-14(11-9-13)20-18(22)16(17(21)19-20)7-3-5-15-6-4-12-23-15/h3-12H,2H2,1H3,(H,19,21)/b5-3+,16-7-. The summed E-state index contributed by atoms with van der Waals surface area (Å²) >= 11 is 0. The van der Waals surface area contributed by atoms with Crippen molar-refractivity contribution in [1.82, 2.24) is 5.43 Å².